The summed E-state index contributed by atoms with van der Waals surface area (Å²) in [5.41, 5.74) is 7.61. The first-order chi connectivity index (χ1) is 9.70. The molecular formula is C15H16N4O. The van der Waals surface area contributed by atoms with E-state index >= 15 is 0 Å². The molecule has 2 rings (SSSR count). The number of amides is 1. The maximum absolute atomic E-state index is 12.2. The molecule has 0 unspecified atom stereocenters. The lowest BCUT2D eigenvalue weighted by atomic mass is 10.0. The number of imidazole rings is 1. The topological polar surface area (TPSA) is 83.8 Å². The molecule has 0 saturated heterocycles. The Morgan fingerprint density at radius 1 is 1.50 bits per heavy atom. The van der Waals surface area contributed by atoms with Gasteiger partial charge < -0.3 is 16.0 Å². The second-order valence-corrected chi connectivity index (χ2v) is 4.27. The van der Waals surface area contributed by atoms with E-state index in [-0.39, 0.29) is 12.5 Å². The molecule has 5 heteroatoms. The summed E-state index contributed by atoms with van der Waals surface area (Å²) in [6.45, 7) is 2.55. The van der Waals surface area contributed by atoms with Crippen molar-refractivity contribution in [3.63, 3.8) is 0 Å². The molecule has 0 fully saturated rings. The molecule has 1 aromatic carbocycles. The van der Waals surface area contributed by atoms with Crippen molar-refractivity contribution < 1.29 is 4.79 Å². The fourth-order valence-electron chi connectivity index (χ4n) is 1.76. The Balaban J connectivity index is 2.17. The Bertz CT molecular complexity index is 650. The normalized spacial score (nSPS) is 9.70. The van der Waals surface area contributed by atoms with Crippen LogP contribution in [0.15, 0.2) is 30.6 Å². The molecule has 5 nitrogen and oxygen atoms in total. The number of hydrogen-bond acceptors (Lipinski definition) is 3. The third-order valence-electron chi connectivity index (χ3n) is 2.72. The van der Waals surface area contributed by atoms with Gasteiger partial charge in [-0.25, -0.2) is 4.98 Å². The average Bonchev–Trinajstić information content (AvgIpc) is 2.96. The highest BCUT2D eigenvalue weighted by atomic mass is 16.1. The molecule has 0 bridgehead atoms. The van der Waals surface area contributed by atoms with E-state index in [9.17, 15) is 4.79 Å². The lowest BCUT2D eigenvalue weighted by molar-refractivity contribution is 0.0949. The van der Waals surface area contributed by atoms with Gasteiger partial charge in [-0.2, -0.15) is 0 Å². The zero-order valence-corrected chi connectivity index (χ0v) is 11.2. The minimum atomic E-state index is -0.175. The van der Waals surface area contributed by atoms with Gasteiger partial charge in [0.05, 0.1) is 18.7 Å². The number of rotatable bonds is 3. The summed E-state index contributed by atoms with van der Waals surface area (Å²) >= 11 is 0. The molecule has 1 aromatic heterocycles. The van der Waals surface area contributed by atoms with Crippen molar-refractivity contribution in [1.29, 1.82) is 0 Å². The second-order valence-electron chi connectivity index (χ2n) is 4.27. The van der Waals surface area contributed by atoms with Gasteiger partial charge in [-0.1, -0.05) is 23.5 Å². The summed E-state index contributed by atoms with van der Waals surface area (Å²) in [6, 6.07) is 5.57. The van der Waals surface area contributed by atoms with E-state index < -0.39 is 0 Å². The number of carbonyl (C=O) groups excluding carboxylic acids is 1. The third-order valence-corrected chi connectivity index (χ3v) is 2.72. The maximum atomic E-state index is 12.2. The number of aromatic amines is 1. The number of hydrogen-bond donors (Lipinski definition) is 3. The van der Waals surface area contributed by atoms with E-state index in [4.69, 9.17) is 5.73 Å². The summed E-state index contributed by atoms with van der Waals surface area (Å²) in [4.78, 5) is 19.2. The van der Waals surface area contributed by atoms with Crippen LogP contribution < -0.4 is 11.1 Å². The Morgan fingerprint density at radius 2 is 2.35 bits per heavy atom. The predicted octanol–water partition coefficient (Wildman–Crippen LogP) is 0.958. The molecule has 0 aliphatic rings. The summed E-state index contributed by atoms with van der Waals surface area (Å²) in [5, 5.41) is 2.81. The number of aromatic nitrogens is 2. The molecule has 0 radical (unpaired) electrons. The van der Waals surface area contributed by atoms with Crippen LogP contribution in [-0.2, 0) is 6.54 Å². The minimum absolute atomic E-state index is 0.175. The Hall–Kier alpha value is -2.58. The Morgan fingerprint density at radius 3 is 3.05 bits per heavy atom. The van der Waals surface area contributed by atoms with Crippen molar-refractivity contribution >= 4 is 5.91 Å². The monoisotopic (exact) mass is 268 g/mol. The summed E-state index contributed by atoms with van der Waals surface area (Å²) in [5.74, 6) is 6.22. The lowest BCUT2D eigenvalue weighted by Gasteiger charge is -2.07. The highest BCUT2D eigenvalue weighted by Gasteiger charge is 2.10. The van der Waals surface area contributed by atoms with Crippen LogP contribution in [-0.4, -0.2) is 22.4 Å². The number of H-pyrrole nitrogens is 1. The van der Waals surface area contributed by atoms with Crippen LogP contribution >= 0.6 is 0 Å². The van der Waals surface area contributed by atoms with E-state index in [2.05, 4.69) is 27.1 Å². The zero-order chi connectivity index (χ0) is 14.4. The van der Waals surface area contributed by atoms with Crippen molar-refractivity contribution in [2.75, 3.05) is 6.54 Å². The number of nitrogens with one attached hydrogen (secondary N) is 2. The van der Waals surface area contributed by atoms with E-state index in [0.717, 1.165) is 5.56 Å². The smallest absolute Gasteiger partial charge is 0.252 e. The first-order valence-electron chi connectivity index (χ1n) is 6.26. The van der Waals surface area contributed by atoms with Gasteiger partial charge in [-0.15, -0.1) is 0 Å². The molecule has 2 aromatic rings. The average molecular weight is 268 g/mol. The first-order valence-corrected chi connectivity index (χ1v) is 6.26. The van der Waals surface area contributed by atoms with Crippen molar-refractivity contribution in [2.24, 2.45) is 5.73 Å². The molecule has 1 heterocycles. The van der Waals surface area contributed by atoms with E-state index in [1.54, 1.807) is 12.4 Å². The van der Waals surface area contributed by atoms with Gasteiger partial charge in [0.1, 0.15) is 5.82 Å². The van der Waals surface area contributed by atoms with Crippen LogP contribution in [0.4, 0.5) is 0 Å². The number of carbonyl (C=O) groups is 1. The lowest BCUT2D eigenvalue weighted by Crippen LogP contribution is -2.24. The molecule has 0 saturated carbocycles. The molecule has 0 aliphatic heterocycles. The molecule has 0 atom stereocenters. The summed E-state index contributed by atoms with van der Waals surface area (Å²) in [7, 11) is 0. The van der Waals surface area contributed by atoms with Crippen LogP contribution in [0, 0.1) is 18.8 Å². The SMILES string of the molecule is Cc1ccc(C#CCN)c(C(=O)NCc2ncc[nH]2)c1. The Labute approximate surface area is 117 Å². The maximum Gasteiger partial charge on any atom is 0.252 e. The highest BCUT2D eigenvalue weighted by molar-refractivity contribution is 5.96. The molecule has 102 valence electrons. The molecule has 0 aliphatic carbocycles. The van der Waals surface area contributed by atoms with Crippen LogP contribution in [0.25, 0.3) is 0 Å². The summed E-state index contributed by atoms with van der Waals surface area (Å²) in [6.07, 6.45) is 3.36. The van der Waals surface area contributed by atoms with Gasteiger partial charge in [0, 0.05) is 18.0 Å². The van der Waals surface area contributed by atoms with Crippen molar-refractivity contribution in [3.05, 3.63) is 53.1 Å². The van der Waals surface area contributed by atoms with Crippen LogP contribution in [0.5, 0.6) is 0 Å². The number of nitrogens with zero attached hydrogens (tertiary/aromatic N) is 1. The van der Waals surface area contributed by atoms with Gasteiger partial charge in [-0.05, 0) is 19.1 Å². The van der Waals surface area contributed by atoms with Crippen molar-refractivity contribution in [3.8, 4) is 11.8 Å². The van der Waals surface area contributed by atoms with E-state index in [1.807, 2.05) is 25.1 Å². The van der Waals surface area contributed by atoms with E-state index in [1.165, 1.54) is 0 Å². The molecule has 20 heavy (non-hydrogen) atoms. The van der Waals surface area contributed by atoms with Gasteiger partial charge in [0.25, 0.3) is 5.91 Å². The van der Waals surface area contributed by atoms with Crippen LogP contribution in [0.3, 0.4) is 0 Å². The summed E-state index contributed by atoms with van der Waals surface area (Å²) < 4.78 is 0. The standard InChI is InChI=1S/C15H16N4O/c1-11-4-5-12(3-2-6-16)13(9-11)15(20)19-10-14-17-7-8-18-14/h4-5,7-9H,6,10,16H2,1H3,(H,17,18)(H,19,20). The number of aryl methyl sites for hydroxylation is 1. The quantitative estimate of drug-likeness (QED) is 0.725. The second kappa shape index (κ2) is 6.55. The third kappa shape index (κ3) is 3.46. The highest BCUT2D eigenvalue weighted by Crippen LogP contribution is 2.11. The molecular weight excluding hydrogens is 252 g/mol. The van der Waals surface area contributed by atoms with Crippen LogP contribution in [0.2, 0.25) is 0 Å². The largest absolute Gasteiger partial charge is 0.347 e. The van der Waals surface area contributed by atoms with Gasteiger partial charge >= 0.3 is 0 Å². The predicted molar refractivity (Wildman–Crippen MR) is 76.9 cm³/mol. The molecule has 0 spiro atoms. The fourth-order valence-corrected chi connectivity index (χ4v) is 1.76. The van der Waals surface area contributed by atoms with Crippen molar-refractivity contribution in [1.82, 2.24) is 15.3 Å². The number of nitrogens with two attached hydrogens (primary N) is 1. The van der Waals surface area contributed by atoms with Gasteiger partial charge in [0.2, 0.25) is 0 Å². The number of benzene rings is 1. The van der Waals surface area contributed by atoms with Crippen LogP contribution in [0.1, 0.15) is 27.3 Å². The Kier molecular flexibility index (Phi) is 4.53. The minimum Gasteiger partial charge on any atom is -0.347 e. The van der Waals surface area contributed by atoms with Crippen molar-refractivity contribution in [2.45, 2.75) is 13.5 Å². The zero-order valence-electron chi connectivity index (χ0n) is 11.2. The van der Waals surface area contributed by atoms with E-state index in [0.29, 0.717) is 23.5 Å². The molecule has 1 amide bonds. The first kappa shape index (κ1) is 13.8. The molecule has 4 N–H and O–H groups in total. The fraction of sp³-hybridized carbons (Fsp3) is 0.200. The van der Waals surface area contributed by atoms with Gasteiger partial charge in [-0.3, -0.25) is 4.79 Å². The van der Waals surface area contributed by atoms with Gasteiger partial charge in [0.15, 0.2) is 0 Å².